The van der Waals surface area contributed by atoms with Gasteiger partial charge in [-0.25, -0.2) is 0 Å². The Morgan fingerprint density at radius 3 is 2.83 bits per heavy atom. The van der Waals surface area contributed by atoms with E-state index in [1.165, 1.54) is 5.56 Å². The van der Waals surface area contributed by atoms with Crippen LogP contribution in [-0.4, -0.2) is 11.7 Å². The van der Waals surface area contributed by atoms with Crippen molar-refractivity contribution in [3.05, 3.63) is 53.6 Å². The molecule has 3 N–H and O–H groups in total. The Morgan fingerprint density at radius 1 is 1.17 bits per heavy atom. The summed E-state index contributed by atoms with van der Waals surface area (Å²) in [6, 6.07) is 13.5. The monoisotopic (exact) mass is 240 g/mol. The molecule has 0 bridgehead atoms. The highest BCUT2D eigenvalue weighted by atomic mass is 16.3. The van der Waals surface area contributed by atoms with Crippen molar-refractivity contribution in [1.82, 2.24) is 0 Å². The number of hydrogen-bond donors (Lipinski definition) is 2. The molecule has 0 aromatic heterocycles. The van der Waals surface area contributed by atoms with E-state index in [4.69, 9.17) is 5.73 Å². The smallest absolute Gasteiger partial charge is 0.115 e. The van der Waals surface area contributed by atoms with E-state index < -0.39 is 0 Å². The second-order valence-corrected chi connectivity index (χ2v) is 4.70. The summed E-state index contributed by atoms with van der Waals surface area (Å²) in [6.07, 6.45) is 1.04. The molecule has 1 aliphatic heterocycles. The summed E-state index contributed by atoms with van der Waals surface area (Å²) in [5.74, 6) is 0.313. The fourth-order valence-electron chi connectivity index (χ4n) is 2.60. The molecule has 0 saturated heterocycles. The molecule has 0 fully saturated rings. The van der Waals surface area contributed by atoms with E-state index in [-0.39, 0.29) is 0 Å². The minimum absolute atomic E-state index is 0.313. The lowest BCUT2D eigenvalue weighted by atomic mass is 10.1. The van der Waals surface area contributed by atoms with Crippen LogP contribution in [0.25, 0.3) is 0 Å². The van der Waals surface area contributed by atoms with Gasteiger partial charge in [0.15, 0.2) is 0 Å². The molecule has 1 aliphatic rings. The number of benzene rings is 2. The maximum atomic E-state index is 9.49. The van der Waals surface area contributed by atoms with Gasteiger partial charge < -0.3 is 15.7 Å². The van der Waals surface area contributed by atoms with Gasteiger partial charge in [0.2, 0.25) is 0 Å². The molecule has 0 radical (unpaired) electrons. The third kappa shape index (κ3) is 1.88. The molecule has 3 rings (SSSR count). The van der Waals surface area contributed by atoms with Gasteiger partial charge in [-0.1, -0.05) is 24.3 Å². The summed E-state index contributed by atoms with van der Waals surface area (Å²) in [4.78, 5) is 2.28. The number of phenolic OH excluding ortho intramolecular Hbond substituents is 1. The zero-order valence-electron chi connectivity index (χ0n) is 10.1. The molecule has 0 atom stereocenters. The Bertz CT molecular complexity index is 580. The van der Waals surface area contributed by atoms with Crippen molar-refractivity contribution in [2.75, 3.05) is 17.2 Å². The minimum atomic E-state index is 0.313. The molecule has 3 heteroatoms. The molecule has 0 aliphatic carbocycles. The quantitative estimate of drug-likeness (QED) is 0.793. The van der Waals surface area contributed by atoms with E-state index in [1.807, 2.05) is 24.3 Å². The summed E-state index contributed by atoms with van der Waals surface area (Å²) in [7, 11) is 0. The van der Waals surface area contributed by atoms with Crippen LogP contribution < -0.4 is 10.6 Å². The van der Waals surface area contributed by atoms with Gasteiger partial charge in [-0.05, 0) is 35.7 Å². The normalized spacial score (nSPS) is 13.7. The predicted octanol–water partition coefficient (Wildman–Crippen LogP) is 2.54. The standard InChI is InChI=1S/C15H16N2O/c16-14-6-2-4-12-7-8-17(15(12)14)10-11-3-1-5-13(18)9-11/h1-6,9,18H,7-8,10,16H2. The highest BCUT2D eigenvalue weighted by Crippen LogP contribution is 2.34. The lowest BCUT2D eigenvalue weighted by molar-refractivity contribution is 0.474. The Hall–Kier alpha value is -2.16. The van der Waals surface area contributed by atoms with Crippen LogP contribution >= 0.6 is 0 Å². The SMILES string of the molecule is Nc1cccc2c1N(Cc1cccc(O)c1)CC2. The van der Waals surface area contributed by atoms with Gasteiger partial charge in [0.05, 0.1) is 11.4 Å². The topological polar surface area (TPSA) is 49.5 Å². The van der Waals surface area contributed by atoms with Crippen LogP contribution in [0, 0.1) is 0 Å². The average Bonchev–Trinajstić information content (AvgIpc) is 2.74. The number of fused-ring (bicyclic) bond motifs is 1. The number of anilines is 2. The number of phenols is 1. The molecule has 0 saturated carbocycles. The lowest BCUT2D eigenvalue weighted by Gasteiger charge is -2.21. The van der Waals surface area contributed by atoms with E-state index in [0.717, 1.165) is 36.4 Å². The molecule has 18 heavy (non-hydrogen) atoms. The zero-order chi connectivity index (χ0) is 12.5. The van der Waals surface area contributed by atoms with E-state index in [0.29, 0.717) is 5.75 Å². The maximum Gasteiger partial charge on any atom is 0.115 e. The number of aromatic hydroxyl groups is 1. The predicted molar refractivity (Wildman–Crippen MR) is 73.7 cm³/mol. The van der Waals surface area contributed by atoms with Crippen molar-refractivity contribution in [2.45, 2.75) is 13.0 Å². The largest absolute Gasteiger partial charge is 0.508 e. The first-order valence-electron chi connectivity index (χ1n) is 6.14. The van der Waals surface area contributed by atoms with Crippen LogP contribution in [0.1, 0.15) is 11.1 Å². The Kier molecular flexibility index (Phi) is 2.59. The third-order valence-electron chi connectivity index (χ3n) is 3.40. The van der Waals surface area contributed by atoms with Crippen LogP contribution in [0.4, 0.5) is 11.4 Å². The Morgan fingerprint density at radius 2 is 2.00 bits per heavy atom. The fraction of sp³-hybridized carbons (Fsp3) is 0.200. The molecular formula is C15H16N2O. The summed E-state index contributed by atoms with van der Waals surface area (Å²) < 4.78 is 0. The summed E-state index contributed by atoms with van der Waals surface area (Å²) in [5.41, 5.74) is 10.5. The summed E-state index contributed by atoms with van der Waals surface area (Å²) >= 11 is 0. The highest BCUT2D eigenvalue weighted by Gasteiger charge is 2.21. The zero-order valence-corrected chi connectivity index (χ0v) is 10.1. The molecule has 0 spiro atoms. The molecule has 2 aromatic carbocycles. The van der Waals surface area contributed by atoms with E-state index in [9.17, 15) is 5.11 Å². The number of nitrogens with zero attached hydrogens (tertiary/aromatic N) is 1. The van der Waals surface area contributed by atoms with Gasteiger partial charge in [-0.3, -0.25) is 0 Å². The first-order chi connectivity index (χ1) is 8.74. The average molecular weight is 240 g/mol. The number of nitrogen functional groups attached to an aromatic ring is 1. The van der Waals surface area contributed by atoms with Crippen LogP contribution in [0.15, 0.2) is 42.5 Å². The van der Waals surface area contributed by atoms with Crippen molar-refractivity contribution in [3.8, 4) is 5.75 Å². The Balaban J connectivity index is 1.89. The number of hydrogen-bond acceptors (Lipinski definition) is 3. The summed E-state index contributed by atoms with van der Waals surface area (Å²) in [6.45, 7) is 1.77. The second kappa shape index (κ2) is 4.26. The van der Waals surface area contributed by atoms with E-state index >= 15 is 0 Å². The van der Waals surface area contributed by atoms with Crippen molar-refractivity contribution in [1.29, 1.82) is 0 Å². The van der Waals surface area contributed by atoms with Gasteiger partial charge in [-0.15, -0.1) is 0 Å². The van der Waals surface area contributed by atoms with Crippen LogP contribution in [0.5, 0.6) is 5.75 Å². The van der Waals surface area contributed by atoms with Gasteiger partial charge in [-0.2, -0.15) is 0 Å². The first kappa shape index (κ1) is 11.0. The fourth-order valence-corrected chi connectivity index (χ4v) is 2.60. The van der Waals surface area contributed by atoms with Gasteiger partial charge in [0.25, 0.3) is 0 Å². The molecule has 3 nitrogen and oxygen atoms in total. The lowest BCUT2D eigenvalue weighted by Crippen LogP contribution is -2.20. The highest BCUT2D eigenvalue weighted by molar-refractivity contribution is 5.74. The molecule has 1 heterocycles. The van der Waals surface area contributed by atoms with E-state index in [1.54, 1.807) is 12.1 Å². The molecule has 2 aromatic rings. The molecular weight excluding hydrogens is 224 g/mol. The van der Waals surface area contributed by atoms with Crippen molar-refractivity contribution in [3.63, 3.8) is 0 Å². The third-order valence-corrected chi connectivity index (χ3v) is 3.40. The van der Waals surface area contributed by atoms with Crippen molar-refractivity contribution in [2.24, 2.45) is 0 Å². The maximum absolute atomic E-state index is 9.49. The van der Waals surface area contributed by atoms with Crippen molar-refractivity contribution >= 4 is 11.4 Å². The Labute approximate surface area is 106 Å². The number of nitrogens with two attached hydrogens (primary N) is 1. The van der Waals surface area contributed by atoms with Gasteiger partial charge in [0, 0.05) is 13.1 Å². The number of rotatable bonds is 2. The van der Waals surface area contributed by atoms with E-state index in [2.05, 4.69) is 11.0 Å². The van der Waals surface area contributed by atoms with Gasteiger partial charge >= 0.3 is 0 Å². The molecule has 0 unspecified atom stereocenters. The van der Waals surface area contributed by atoms with Crippen LogP contribution in [-0.2, 0) is 13.0 Å². The first-order valence-corrected chi connectivity index (χ1v) is 6.14. The van der Waals surface area contributed by atoms with Crippen LogP contribution in [0.3, 0.4) is 0 Å². The van der Waals surface area contributed by atoms with Gasteiger partial charge in [0.1, 0.15) is 5.75 Å². The minimum Gasteiger partial charge on any atom is -0.508 e. The summed E-state index contributed by atoms with van der Waals surface area (Å²) in [5, 5.41) is 9.49. The molecule has 0 amide bonds. The van der Waals surface area contributed by atoms with Crippen LogP contribution in [0.2, 0.25) is 0 Å². The second-order valence-electron chi connectivity index (χ2n) is 4.70. The van der Waals surface area contributed by atoms with Crippen molar-refractivity contribution < 1.29 is 5.11 Å². The number of para-hydroxylation sites is 1. The molecule has 92 valence electrons.